The minimum atomic E-state index is -0.669. The fraction of sp³-hybridized carbons (Fsp3) is 1.00. The van der Waals surface area contributed by atoms with Crippen LogP contribution in [0.3, 0.4) is 0 Å². The lowest BCUT2D eigenvalue weighted by Gasteiger charge is -2.26. The van der Waals surface area contributed by atoms with E-state index < -0.39 is 11.7 Å². The third kappa shape index (κ3) is 3.95. The second-order valence-corrected chi connectivity index (χ2v) is 5.05. The Morgan fingerprint density at radius 2 is 2.00 bits per heavy atom. The molecule has 0 saturated heterocycles. The van der Waals surface area contributed by atoms with Crippen LogP contribution < -0.4 is 5.32 Å². The zero-order valence-corrected chi connectivity index (χ0v) is 9.45. The van der Waals surface area contributed by atoms with Crippen LogP contribution in [-0.4, -0.2) is 34.5 Å². The predicted molar refractivity (Wildman–Crippen MR) is 57.1 cm³/mol. The van der Waals surface area contributed by atoms with Gasteiger partial charge < -0.3 is 15.5 Å². The zero-order chi connectivity index (χ0) is 10.8. The topological polar surface area (TPSA) is 52.5 Å². The molecule has 0 spiro atoms. The van der Waals surface area contributed by atoms with E-state index in [1.54, 1.807) is 0 Å². The molecule has 0 aromatic carbocycles. The minimum absolute atomic E-state index is 0.385. The molecule has 0 unspecified atom stereocenters. The standard InChI is InChI=1S/C11H23NO2/c1-8(2)12-7-10(13)6-11(3,14)9-4-5-9/h8-10,12-14H,4-7H2,1-3H3/t10-,11-/m0/s1. The third-order valence-corrected chi connectivity index (χ3v) is 2.87. The SMILES string of the molecule is CC(C)NC[C@@H](O)C[C@](C)(O)C1CC1. The second kappa shape index (κ2) is 4.60. The van der Waals surface area contributed by atoms with Crippen LogP contribution >= 0.6 is 0 Å². The second-order valence-electron chi connectivity index (χ2n) is 5.05. The maximum absolute atomic E-state index is 10.0. The molecule has 0 aromatic heterocycles. The first-order valence-corrected chi connectivity index (χ1v) is 5.55. The fourth-order valence-electron chi connectivity index (χ4n) is 1.79. The smallest absolute Gasteiger partial charge is 0.0692 e. The summed E-state index contributed by atoms with van der Waals surface area (Å²) in [5.41, 5.74) is -0.669. The van der Waals surface area contributed by atoms with Crippen molar-refractivity contribution in [3.63, 3.8) is 0 Å². The number of aliphatic hydroxyl groups excluding tert-OH is 1. The zero-order valence-electron chi connectivity index (χ0n) is 9.45. The Hall–Kier alpha value is -0.120. The molecule has 0 amide bonds. The number of nitrogens with one attached hydrogen (secondary N) is 1. The summed E-state index contributed by atoms with van der Waals surface area (Å²) in [4.78, 5) is 0. The Kier molecular flexibility index (Phi) is 3.93. The summed E-state index contributed by atoms with van der Waals surface area (Å²) >= 11 is 0. The van der Waals surface area contributed by atoms with Crippen molar-refractivity contribution in [2.75, 3.05) is 6.54 Å². The molecular formula is C11H23NO2. The molecule has 0 aliphatic heterocycles. The van der Waals surface area contributed by atoms with Crippen molar-refractivity contribution in [3.8, 4) is 0 Å². The van der Waals surface area contributed by atoms with Gasteiger partial charge in [0.15, 0.2) is 0 Å². The molecule has 1 fully saturated rings. The summed E-state index contributed by atoms with van der Waals surface area (Å²) in [5.74, 6) is 0.413. The Balaban J connectivity index is 2.21. The van der Waals surface area contributed by atoms with Gasteiger partial charge in [-0.2, -0.15) is 0 Å². The first-order valence-electron chi connectivity index (χ1n) is 5.55. The monoisotopic (exact) mass is 201 g/mol. The van der Waals surface area contributed by atoms with E-state index in [4.69, 9.17) is 0 Å². The fourth-order valence-corrected chi connectivity index (χ4v) is 1.79. The maximum atomic E-state index is 10.0. The van der Waals surface area contributed by atoms with Gasteiger partial charge in [0.05, 0.1) is 11.7 Å². The van der Waals surface area contributed by atoms with Crippen molar-refractivity contribution in [1.82, 2.24) is 5.32 Å². The highest BCUT2D eigenvalue weighted by Crippen LogP contribution is 2.41. The van der Waals surface area contributed by atoms with Crippen LogP contribution in [0.1, 0.15) is 40.0 Å². The highest BCUT2D eigenvalue weighted by molar-refractivity contribution is 4.92. The van der Waals surface area contributed by atoms with Crippen molar-refractivity contribution in [1.29, 1.82) is 0 Å². The predicted octanol–water partition coefficient (Wildman–Crippen LogP) is 0.896. The molecule has 1 aliphatic rings. The van der Waals surface area contributed by atoms with E-state index in [0.29, 0.717) is 24.9 Å². The molecule has 0 heterocycles. The lowest BCUT2D eigenvalue weighted by atomic mass is 9.93. The summed E-state index contributed by atoms with van der Waals surface area (Å²) in [7, 11) is 0. The van der Waals surface area contributed by atoms with Crippen LogP contribution in [-0.2, 0) is 0 Å². The van der Waals surface area contributed by atoms with Gasteiger partial charge in [-0.05, 0) is 25.7 Å². The van der Waals surface area contributed by atoms with Gasteiger partial charge in [0.2, 0.25) is 0 Å². The molecule has 3 nitrogen and oxygen atoms in total. The molecule has 0 bridgehead atoms. The van der Waals surface area contributed by atoms with Gasteiger partial charge >= 0.3 is 0 Å². The Labute approximate surface area is 86.5 Å². The van der Waals surface area contributed by atoms with Crippen LogP contribution in [0.5, 0.6) is 0 Å². The van der Waals surface area contributed by atoms with Gasteiger partial charge in [0, 0.05) is 19.0 Å². The minimum Gasteiger partial charge on any atom is -0.392 e. The molecule has 0 aromatic rings. The molecule has 1 saturated carbocycles. The van der Waals surface area contributed by atoms with Gasteiger partial charge in [-0.15, -0.1) is 0 Å². The quantitative estimate of drug-likeness (QED) is 0.598. The highest BCUT2D eigenvalue weighted by atomic mass is 16.3. The molecule has 1 aliphatic carbocycles. The van der Waals surface area contributed by atoms with Crippen LogP contribution in [0.4, 0.5) is 0 Å². The van der Waals surface area contributed by atoms with Crippen molar-refractivity contribution in [2.45, 2.75) is 57.8 Å². The van der Waals surface area contributed by atoms with Gasteiger partial charge in [0.1, 0.15) is 0 Å². The Morgan fingerprint density at radius 3 is 2.43 bits per heavy atom. The van der Waals surface area contributed by atoms with Gasteiger partial charge in [0.25, 0.3) is 0 Å². The average molecular weight is 201 g/mol. The lowest BCUT2D eigenvalue weighted by molar-refractivity contribution is -0.0133. The van der Waals surface area contributed by atoms with Crippen molar-refractivity contribution in [2.24, 2.45) is 5.92 Å². The molecule has 14 heavy (non-hydrogen) atoms. The average Bonchev–Trinajstić information content (AvgIpc) is 2.81. The van der Waals surface area contributed by atoms with Crippen molar-refractivity contribution in [3.05, 3.63) is 0 Å². The summed E-state index contributed by atoms with van der Waals surface area (Å²) in [6, 6.07) is 0.385. The first kappa shape index (κ1) is 12.0. The van der Waals surface area contributed by atoms with E-state index in [-0.39, 0.29) is 0 Å². The van der Waals surface area contributed by atoms with E-state index in [1.807, 2.05) is 20.8 Å². The third-order valence-electron chi connectivity index (χ3n) is 2.87. The van der Waals surface area contributed by atoms with Crippen molar-refractivity contribution < 1.29 is 10.2 Å². The number of hydrogen-bond acceptors (Lipinski definition) is 3. The normalized spacial score (nSPS) is 23.6. The summed E-state index contributed by atoms with van der Waals surface area (Å²) in [6.45, 7) is 6.50. The lowest BCUT2D eigenvalue weighted by Crippen LogP contribution is -2.38. The van der Waals surface area contributed by atoms with Crippen LogP contribution in [0, 0.1) is 5.92 Å². The Bertz CT molecular complexity index is 176. The van der Waals surface area contributed by atoms with E-state index in [0.717, 1.165) is 12.8 Å². The molecule has 0 radical (unpaired) electrons. The van der Waals surface area contributed by atoms with Crippen LogP contribution in [0.15, 0.2) is 0 Å². The van der Waals surface area contributed by atoms with Crippen LogP contribution in [0.2, 0.25) is 0 Å². The van der Waals surface area contributed by atoms with Crippen molar-refractivity contribution >= 4 is 0 Å². The summed E-state index contributed by atoms with van der Waals surface area (Å²) in [5, 5.41) is 22.9. The number of hydrogen-bond donors (Lipinski definition) is 3. The largest absolute Gasteiger partial charge is 0.392 e. The molecule has 3 N–H and O–H groups in total. The first-order chi connectivity index (χ1) is 6.42. The summed E-state index contributed by atoms with van der Waals surface area (Å²) in [6.07, 6.45) is 2.26. The van der Waals surface area contributed by atoms with E-state index in [2.05, 4.69) is 5.32 Å². The maximum Gasteiger partial charge on any atom is 0.0692 e. The Morgan fingerprint density at radius 1 is 1.43 bits per heavy atom. The van der Waals surface area contributed by atoms with Gasteiger partial charge in [-0.3, -0.25) is 0 Å². The molecule has 84 valence electrons. The molecule has 2 atom stereocenters. The van der Waals surface area contributed by atoms with Gasteiger partial charge in [-0.25, -0.2) is 0 Å². The van der Waals surface area contributed by atoms with Gasteiger partial charge in [-0.1, -0.05) is 13.8 Å². The highest BCUT2D eigenvalue weighted by Gasteiger charge is 2.40. The van der Waals surface area contributed by atoms with E-state index >= 15 is 0 Å². The summed E-state index contributed by atoms with van der Waals surface area (Å²) < 4.78 is 0. The molecule has 1 rings (SSSR count). The molecular weight excluding hydrogens is 178 g/mol. The van der Waals surface area contributed by atoms with Crippen LogP contribution in [0.25, 0.3) is 0 Å². The van der Waals surface area contributed by atoms with E-state index in [1.165, 1.54) is 0 Å². The molecule has 3 heteroatoms. The number of rotatable bonds is 6. The number of aliphatic hydroxyl groups is 2. The van der Waals surface area contributed by atoms with E-state index in [9.17, 15) is 10.2 Å².